The minimum atomic E-state index is 0. The smallest absolute Gasteiger partial charge is 0.227 e. The average Bonchev–Trinajstić information content (AvgIpc) is 3.14. The third-order valence-electron chi connectivity index (χ3n) is 3.70. The number of piperidine rings is 1. The van der Waals surface area contributed by atoms with Crippen LogP contribution in [0, 0.1) is 0 Å². The van der Waals surface area contributed by atoms with E-state index in [1.807, 2.05) is 16.3 Å². The quantitative estimate of drug-likeness (QED) is 0.820. The van der Waals surface area contributed by atoms with Gasteiger partial charge >= 0.3 is 0 Å². The molecule has 1 aliphatic heterocycles. The van der Waals surface area contributed by atoms with Crippen molar-refractivity contribution in [2.24, 2.45) is 5.73 Å². The molecule has 23 heavy (non-hydrogen) atoms. The maximum atomic E-state index is 12.1. The van der Waals surface area contributed by atoms with Crippen molar-refractivity contribution in [3.63, 3.8) is 0 Å². The lowest BCUT2D eigenvalue weighted by Crippen LogP contribution is -2.42. The van der Waals surface area contributed by atoms with Gasteiger partial charge in [0.25, 0.3) is 0 Å². The molecule has 0 radical (unpaired) electrons. The van der Waals surface area contributed by atoms with E-state index in [0.717, 1.165) is 35.3 Å². The van der Waals surface area contributed by atoms with Crippen LogP contribution in [-0.2, 0) is 11.2 Å². The molecule has 9 heteroatoms. The third-order valence-corrected chi connectivity index (χ3v) is 5.39. The number of amides is 1. The topological polar surface area (TPSA) is 85.2 Å². The van der Waals surface area contributed by atoms with E-state index in [-0.39, 0.29) is 24.4 Å². The summed E-state index contributed by atoms with van der Waals surface area (Å²) in [5.41, 5.74) is 5.85. The predicted octanol–water partition coefficient (Wildman–Crippen LogP) is 2.86. The van der Waals surface area contributed by atoms with Crippen molar-refractivity contribution < 1.29 is 9.32 Å². The van der Waals surface area contributed by atoms with Crippen molar-refractivity contribution in [3.05, 3.63) is 21.8 Å². The minimum Gasteiger partial charge on any atom is -0.343 e. The molecule has 1 amide bonds. The first kappa shape index (κ1) is 18.4. The summed E-state index contributed by atoms with van der Waals surface area (Å²) in [6, 6.07) is 2.18. The standard InChI is InChI=1S/C14H17BrN4O2S.ClH/c15-9-7-11(22-8-9)14-17-12(21-18-14)1-2-13(20)19-5-3-10(16)4-6-19;/h7-8,10H,1-6,16H2;1H. The van der Waals surface area contributed by atoms with Crippen LogP contribution in [0.5, 0.6) is 0 Å². The molecule has 0 bridgehead atoms. The number of carbonyl (C=O) groups is 1. The summed E-state index contributed by atoms with van der Waals surface area (Å²) in [7, 11) is 0. The van der Waals surface area contributed by atoms with Gasteiger partial charge in [-0.3, -0.25) is 4.79 Å². The van der Waals surface area contributed by atoms with Crippen LogP contribution in [0.4, 0.5) is 0 Å². The van der Waals surface area contributed by atoms with Crippen LogP contribution in [0.3, 0.4) is 0 Å². The highest BCUT2D eigenvalue weighted by atomic mass is 79.9. The van der Waals surface area contributed by atoms with Gasteiger partial charge < -0.3 is 15.2 Å². The zero-order valence-corrected chi connectivity index (χ0v) is 15.6. The van der Waals surface area contributed by atoms with Gasteiger partial charge in [0.2, 0.25) is 17.6 Å². The third kappa shape index (κ3) is 4.76. The molecule has 126 valence electrons. The molecule has 0 unspecified atom stereocenters. The molecule has 6 nitrogen and oxygen atoms in total. The Labute approximate surface area is 153 Å². The molecule has 1 fully saturated rings. The van der Waals surface area contributed by atoms with Crippen molar-refractivity contribution >= 4 is 45.6 Å². The van der Waals surface area contributed by atoms with Gasteiger partial charge in [-0.1, -0.05) is 5.16 Å². The highest BCUT2D eigenvalue weighted by Crippen LogP contribution is 2.27. The van der Waals surface area contributed by atoms with E-state index in [1.54, 1.807) is 11.3 Å². The number of hydrogen-bond acceptors (Lipinski definition) is 6. The number of rotatable bonds is 4. The lowest BCUT2D eigenvalue weighted by atomic mass is 10.1. The van der Waals surface area contributed by atoms with E-state index < -0.39 is 0 Å². The molecule has 2 aromatic rings. The number of carbonyl (C=O) groups excluding carboxylic acids is 1. The first-order valence-corrected chi connectivity index (χ1v) is 8.89. The number of nitrogens with two attached hydrogens (primary N) is 1. The van der Waals surface area contributed by atoms with Gasteiger partial charge in [0.15, 0.2) is 0 Å². The van der Waals surface area contributed by atoms with Gasteiger partial charge in [-0.15, -0.1) is 23.7 Å². The van der Waals surface area contributed by atoms with E-state index in [1.165, 1.54) is 0 Å². The summed E-state index contributed by atoms with van der Waals surface area (Å²) in [5, 5.41) is 5.93. The Morgan fingerprint density at radius 1 is 1.48 bits per heavy atom. The highest BCUT2D eigenvalue weighted by molar-refractivity contribution is 9.10. The Hall–Kier alpha value is -0.960. The summed E-state index contributed by atoms with van der Waals surface area (Å²) in [5.74, 6) is 1.20. The van der Waals surface area contributed by atoms with E-state index in [0.29, 0.717) is 24.6 Å². The highest BCUT2D eigenvalue weighted by Gasteiger charge is 2.21. The summed E-state index contributed by atoms with van der Waals surface area (Å²) >= 11 is 4.94. The summed E-state index contributed by atoms with van der Waals surface area (Å²) in [4.78, 5) is 19.3. The molecule has 3 heterocycles. The molecule has 0 atom stereocenters. The minimum absolute atomic E-state index is 0. The van der Waals surface area contributed by atoms with Crippen molar-refractivity contribution in [2.75, 3.05) is 13.1 Å². The SMILES string of the molecule is Cl.NC1CCN(C(=O)CCc2nc(-c3cc(Br)cs3)no2)CC1. The van der Waals surface area contributed by atoms with E-state index in [4.69, 9.17) is 10.3 Å². The Bertz CT molecular complexity index is 655. The zero-order chi connectivity index (χ0) is 15.5. The van der Waals surface area contributed by atoms with Crippen LogP contribution in [0.2, 0.25) is 0 Å². The van der Waals surface area contributed by atoms with Crippen LogP contribution in [-0.4, -0.2) is 40.1 Å². The van der Waals surface area contributed by atoms with Crippen LogP contribution in [0.1, 0.15) is 25.2 Å². The van der Waals surface area contributed by atoms with Crippen LogP contribution < -0.4 is 5.73 Å². The number of likely N-dealkylation sites (tertiary alicyclic amines) is 1. The van der Waals surface area contributed by atoms with Crippen LogP contribution in [0.15, 0.2) is 20.4 Å². The molecule has 2 aromatic heterocycles. The van der Waals surface area contributed by atoms with Crippen molar-refractivity contribution in [3.8, 4) is 10.7 Å². The average molecular weight is 422 g/mol. The van der Waals surface area contributed by atoms with Crippen molar-refractivity contribution in [1.82, 2.24) is 15.0 Å². The maximum Gasteiger partial charge on any atom is 0.227 e. The number of halogens is 2. The summed E-state index contributed by atoms with van der Waals surface area (Å²) in [6.07, 6.45) is 2.62. The lowest BCUT2D eigenvalue weighted by molar-refractivity contribution is -0.132. The first-order chi connectivity index (χ1) is 10.6. The Morgan fingerprint density at radius 2 is 2.22 bits per heavy atom. The summed E-state index contributed by atoms with van der Waals surface area (Å²) in [6.45, 7) is 1.50. The number of aryl methyl sites for hydroxylation is 1. The number of aromatic nitrogens is 2. The Balaban J connectivity index is 0.00000192. The van der Waals surface area contributed by atoms with Gasteiger partial charge in [0.05, 0.1) is 4.88 Å². The molecule has 2 N–H and O–H groups in total. The molecule has 1 saturated heterocycles. The zero-order valence-electron chi connectivity index (χ0n) is 12.4. The molecule has 1 aliphatic rings. The van der Waals surface area contributed by atoms with E-state index in [2.05, 4.69) is 26.1 Å². The van der Waals surface area contributed by atoms with Gasteiger partial charge in [-0.05, 0) is 34.8 Å². The Morgan fingerprint density at radius 3 is 2.87 bits per heavy atom. The molecule has 0 saturated carbocycles. The van der Waals surface area contributed by atoms with E-state index >= 15 is 0 Å². The maximum absolute atomic E-state index is 12.1. The van der Waals surface area contributed by atoms with Gasteiger partial charge in [-0.25, -0.2) is 0 Å². The monoisotopic (exact) mass is 420 g/mol. The fourth-order valence-electron chi connectivity index (χ4n) is 2.41. The van der Waals surface area contributed by atoms with Crippen molar-refractivity contribution in [1.29, 1.82) is 0 Å². The molecule has 0 aliphatic carbocycles. The number of nitrogens with zero attached hydrogens (tertiary/aromatic N) is 3. The second-order valence-electron chi connectivity index (χ2n) is 5.36. The fraction of sp³-hybridized carbons (Fsp3) is 0.500. The molecular weight excluding hydrogens is 404 g/mol. The predicted molar refractivity (Wildman–Crippen MR) is 94.7 cm³/mol. The lowest BCUT2D eigenvalue weighted by Gasteiger charge is -2.30. The number of hydrogen-bond donors (Lipinski definition) is 1. The van der Waals surface area contributed by atoms with Crippen LogP contribution >= 0.6 is 39.7 Å². The molecule has 0 spiro atoms. The van der Waals surface area contributed by atoms with Crippen LogP contribution in [0.25, 0.3) is 10.7 Å². The fourth-order valence-corrected chi connectivity index (χ4v) is 3.76. The second kappa shape index (κ2) is 8.23. The van der Waals surface area contributed by atoms with Gasteiger partial charge in [0.1, 0.15) is 0 Å². The molecular formula is C14H18BrClN4O2S. The van der Waals surface area contributed by atoms with Crippen molar-refractivity contribution in [2.45, 2.75) is 31.7 Å². The largest absolute Gasteiger partial charge is 0.343 e. The molecule has 3 rings (SSSR count). The summed E-state index contributed by atoms with van der Waals surface area (Å²) < 4.78 is 6.22. The van der Waals surface area contributed by atoms with Gasteiger partial charge in [-0.2, -0.15) is 4.98 Å². The number of thiophene rings is 1. The second-order valence-corrected chi connectivity index (χ2v) is 7.19. The van der Waals surface area contributed by atoms with E-state index in [9.17, 15) is 4.79 Å². The first-order valence-electron chi connectivity index (χ1n) is 7.22. The molecule has 0 aromatic carbocycles. The van der Waals surface area contributed by atoms with Gasteiger partial charge in [0, 0.05) is 41.8 Å². The normalized spacial score (nSPS) is 15.5. The Kier molecular flexibility index (Phi) is 6.58.